The van der Waals surface area contributed by atoms with Gasteiger partial charge >= 0.3 is 11.9 Å². The lowest BCUT2D eigenvalue weighted by Gasteiger charge is -2.12. The highest BCUT2D eigenvalue weighted by Gasteiger charge is 2.13. The fraction of sp³-hybridized carbons (Fsp3) is 0.300. The minimum atomic E-state index is -0.318. The van der Waals surface area contributed by atoms with E-state index in [0.717, 1.165) is 22.3 Å². The second-order valence-corrected chi connectivity index (χ2v) is 5.50. The first-order valence-electron chi connectivity index (χ1n) is 8.03. The van der Waals surface area contributed by atoms with Crippen LogP contribution in [0.15, 0.2) is 36.4 Å². The molecule has 4 heteroatoms. The number of aryl methyl sites for hydroxylation is 2. The molecule has 0 spiro atoms. The van der Waals surface area contributed by atoms with Crippen LogP contribution in [0, 0.1) is 13.8 Å². The summed E-state index contributed by atoms with van der Waals surface area (Å²) in [7, 11) is 0. The van der Waals surface area contributed by atoms with Gasteiger partial charge in [-0.05, 0) is 74.2 Å². The standard InChI is InChI=1S/C20H22O4/c1-5-23-19(21)15-7-9-17(13(3)11-15)18-10-8-16(12-14(18)4)20(22)24-6-2/h7-12H,5-6H2,1-4H3. The highest BCUT2D eigenvalue weighted by Crippen LogP contribution is 2.28. The van der Waals surface area contributed by atoms with Gasteiger partial charge in [-0.3, -0.25) is 0 Å². The van der Waals surface area contributed by atoms with Crippen molar-refractivity contribution in [3.05, 3.63) is 58.7 Å². The number of esters is 2. The largest absolute Gasteiger partial charge is 0.462 e. The van der Waals surface area contributed by atoms with Gasteiger partial charge in [0.1, 0.15) is 0 Å². The van der Waals surface area contributed by atoms with Crippen LogP contribution >= 0.6 is 0 Å². The number of hydrogen-bond donors (Lipinski definition) is 0. The topological polar surface area (TPSA) is 52.6 Å². The minimum Gasteiger partial charge on any atom is -0.462 e. The maximum atomic E-state index is 11.8. The van der Waals surface area contributed by atoms with E-state index in [1.165, 1.54) is 0 Å². The Bertz CT molecular complexity index is 697. The van der Waals surface area contributed by atoms with Crippen LogP contribution in [-0.2, 0) is 9.47 Å². The summed E-state index contributed by atoms with van der Waals surface area (Å²) in [5.41, 5.74) is 5.09. The molecule has 0 N–H and O–H groups in total. The van der Waals surface area contributed by atoms with Gasteiger partial charge in [0.15, 0.2) is 0 Å². The van der Waals surface area contributed by atoms with Gasteiger partial charge in [0.2, 0.25) is 0 Å². The minimum absolute atomic E-state index is 0.318. The molecule has 0 aliphatic heterocycles. The fourth-order valence-electron chi connectivity index (χ4n) is 2.61. The molecule has 0 saturated heterocycles. The number of carbonyl (C=O) groups is 2. The van der Waals surface area contributed by atoms with E-state index in [-0.39, 0.29) is 11.9 Å². The molecule has 126 valence electrons. The summed E-state index contributed by atoms with van der Waals surface area (Å²) >= 11 is 0. The van der Waals surface area contributed by atoms with Crippen LogP contribution < -0.4 is 0 Å². The maximum Gasteiger partial charge on any atom is 0.338 e. The molecule has 24 heavy (non-hydrogen) atoms. The summed E-state index contributed by atoms with van der Waals surface area (Å²) in [5, 5.41) is 0. The molecule has 0 heterocycles. The van der Waals surface area contributed by atoms with E-state index < -0.39 is 0 Å². The third-order valence-electron chi connectivity index (χ3n) is 3.77. The smallest absolute Gasteiger partial charge is 0.338 e. The van der Waals surface area contributed by atoms with E-state index in [9.17, 15) is 9.59 Å². The van der Waals surface area contributed by atoms with E-state index in [4.69, 9.17) is 9.47 Å². The van der Waals surface area contributed by atoms with Crippen molar-refractivity contribution in [3.63, 3.8) is 0 Å². The fourth-order valence-corrected chi connectivity index (χ4v) is 2.61. The van der Waals surface area contributed by atoms with E-state index in [1.807, 2.05) is 38.1 Å². The summed E-state index contributed by atoms with van der Waals surface area (Å²) in [4.78, 5) is 23.6. The summed E-state index contributed by atoms with van der Waals surface area (Å²) < 4.78 is 10.1. The first-order valence-corrected chi connectivity index (χ1v) is 8.03. The van der Waals surface area contributed by atoms with Crippen molar-refractivity contribution in [2.75, 3.05) is 13.2 Å². The lowest BCUT2D eigenvalue weighted by Crippen LogP contribution is -2.06. The molecule has 0 saturated carbocycles. The molecule has 2 aromatic rings. The van der Waals surface area contributed by atoms with E-state index >= 15 is 0 Å². The van der Waals surface area contributed by atoms with Crippen LogP contribution in [-0.4, -0.2) is 25.2 Å². The van der Waals surface area contributed by atoms with Gasteiger partial charge in [0.05, 0.1) is 24.3 Å². The van der Waals surface area contributed by atoms with Gasteiger partial charge in [0, 0.05) is 0 Å². The third kappa shape index (κ3) is 3.82. The lowest BCUT2D eigenvalue weighted by molar-refractivity contribution is 0.0516. The maximum absolute atomic E-state index is 11.8. The zero-order valence-electron chi connectivity index (χ0n) is 14.5. The molecule has 2 rings (SSSR count). The Hall–Kier alpha value is -2.62. The zero-order chi connectivity index (χ0) is 17.7. The number of benzene rings is 2. The van der Waals surface area contributed by atoms with Crippen molar-refractivity contribution in [2.24, 2.45) is 0 Å². The molecule has 0 fully saturated rings. The number of carbonyl (C=O) groups excluding carboxylic acids is 2. The Morgan fingerprint density at radius 3 is 1.42 bits per heavy atom. The van der Waals surface area contributed by atoms with Crippen molar-refractivity contribution in [1.82, 2.24) is 0 Å². The van der Waals surface area contributed by atoms with Gasteiger partial charge in [0.25, 0.3) is 0 Å². The molecule has 0 bridgehead atoms. The molecule has 0 aliphatic carbocycles. The molecule has 0 radical (unpaired) electrons. The SMILES string of the molecule is CCOC(=O)c1ccc(-c2ccc(C(=O)OCC)cc2C)c(C)c1. The van der Waals surface area contributed by atoms with Crippen molar-refractivity contribution in [1.29, 1.82) is 0 Å². The predicted molar refractivity (Wildman–Crippen MR) is 93.3 cm³/mol. The van der Waals surface area contributed by atoms with E-state index in [2.05, 4.69) is 0 Å². The number of rotatable bonds is 5. The monoisotopic (exact) mass is 326 g/mol. The lowest BCUT2D eigenvalue weighted by atomic mass is 9.94. The Kier molecular flexibility index (Phi) is 5.74. The van der Waals surface area contributed by atoms with Gasteiger partial charge in [-0.2, -0.15) is 0 Å². The average Bonchev–Trinajstić information content (AvgIpc) is 2.55. The summed E-state index contributed by atoms with van der Waals surface area (Å²) in [6.45, 7) is 8.19. The highest BCUT2D eigenvalue weighted by atomic mass is 16.5. The molecule has 0 aliphatic rings. The number of hydrogen-bond acceptors (Lipinski definition) is 4. The molecular formula is C20H22O4. The normalized spacial score (nSPS) is 10.3. The second kappa shape index (κ2) is 7.77. The molecule has 0 aromatic heterocycles. The molecule has 0 unspecified atom stereocenters. The molecule has 0 atom stereocenters. The summed E-state index contributed by atoms with van der Waals surface area (Å²) in [6.07, 6.45) is 0. The van der Waals surface area contributed by atoms with Crippen LogP contribution in [0.2, 0.25) is 0 Å². The van der Waals surface area contributed by atoms with E-state index in [1.54, 1.807) is 26.0 Å². The Morgan fingerprint density at radius 1 is 0.750 bits per heavy atom. The molecule has 4 nitrogen and oxygen atoms in total. The second-order valence-electron chi connectivity index (χ2n) is 5.50. The van der Waals surface area contributed by atoms with Gasteiger partial charge in [-0.25, -0.2) is 9.59 Å². The quantitative estimate of drug-likeness (QED) is 0.768. The van der Waals surface area contributed by atoms with Crippen molar-refractivity contribution < 1.29 is 19.1 Å². The van der Waals surface area contributed by atoms with Crippen molar-refractivity contribution in [3.8, 4) is 11.1 Å². The molecular weight excluding hydrogens is 304 g/mol. The van der Waals surface area contributed by atoms with Crippen LogP contribution in [0.1, 0.15) is 45.7 Å². The van der Waals surface area contributed by atoms with Crippen LogP contribution in [0.3, 0.4) is 0 Å². The van der Waals surface area contributed by atoms with Crippen LogP contribution in [0.25, 0.3) is 11.1 Å². The first-order chi connectivity index (χ1) is 11.5. The first kappa shape index (κ1) is 17.7. The van der Waals surface area contributed by atoms with Crippen molar-refractivity contribution >= 4 is 11.9 Å². The van der Waals surface area contributed by atoms with Gasteiger partial charge in [-0.15, -0.1) is 0 Å². The van der Waals surface area contributed by atoms with Gasteiger partial charge < -0.3 is 9.47 Å². The van der Waals surface area contributed by atoms with Crippen molar-refractivity contribution in [2.45, 2.75) is 27.7 Å². The summed E-state index contributed by atoms with van der Waals surface area (Å²) in [6, 6.07) is 11.0. The average molecular weight is 326 g/mol. The van der Waals surface area contributed by atoms with Gasteiger partial charge in [-0.1, -0.05) is 12.1 Å². The summed E-state index contributed by atoms with van der Waals surface area (Å²) in [5.74, 6) is -0.636. The van der Waals surface area contributed by atoms with Crippen LogP contribution in [0.4, 0.5) is 0 Å². The predicted octanol–water partition coefficient (Wildman–Crippen LogP) is 4.32. The third-order valence-corrected chi connectivity index (χ3v) is 3.77. The zero-order valence-corrected chi connectivity index (χ0v) is 14.5. The highest BCUT2D eigenvalue weighted by molar-refractivity contribution is 5.92. The Balaban J connectivity index is 2.35. The Labute approximate surface area is 142 Å². The van der Waals surface area contributed by atoms with Crippen LogP contribution in [0.5, 0.6) is 0 Å². The Morgan fingerprint density at radius 2 is 1.12 bits per heavy atom. The number of ether oxygens (including phenoxy) is 2. The molecule has 0 amide bonds. The van der Waals surface area contributed by atoms with E-state index in [0.29, 0.717) is 24.3 Å². The molecule has 2 aromatic carbocycles.